The smallest absolute Gasteiger partial charge is 0.328 e. The van der Waals surface area contributed by atoms with Crippen LogP contribution in [0.5, 0.6) is 0 Å². The second-order valence-electron chi connectivity index (χ2n) is 5.45. The summed E-state index contributed by atoms with van der Waals surface area (Å²) < 4.78 is 27.1. The van der Waals surface area contributed by atoms with Gasteiger partial charge in [0.1, 0.15) is 10.4 Å². The molecule has 0 saturated heterocycles. The van der Waals surface area contributed by atoms with Gasteiger partial charge in [0, 0.05) is 6.04 Å². The van der Waals surface area contributed by atoms with Gasteiger partial charge in [-0.15, -0.1) is 0 Å². The molecule has 110 valence electrons. The van der Waals surface area contributed by atoms with E-state index in [1.807, 2.05) is 0 Å². The van der Waals surface area contributed by atoms with Gasteiger partial charge in [-0.3, -0.25) is 0 Å². The molecular weight excluding hydrogens is 280 g/mol. The van der Waals surface area contributed by atoms with Crippen molar-refractivity contribution >= 4 is 21.7 Å². The standard InChI is InChI=1S/C13H18N2O4S/c1-13(2,12(16)17)14-10-5-3-4-6-11(10)20(18,19)15-9-7-8-9/h3-6,9,14-15H,7-8H2,1-2H3,(H,16,17). The van der Waals surface area contributed by atoms with Crippen LogP contribution >= 0.6 is 0 Å². The molecule has 1 aromatic carbocycles. The summed E-state index contributed by atoms with van der Waals surface area (Å²) in [5, 5.41) is 11.9. The zero-order valence-corrected chi connectivity index (χ0v) is 12.2. The number of carbonyl (C=O) groups is 1. The molecule has 0 radical (unpaired) electrons. The molecule has 1 aliphatic carbocycles. The Morgan fingerprint density at radius 3 is 2.45 bits per heavy atom. The van der Waals surface area contributed by atoms with Crippen molar-refractivity contribution in [3.05, 3.63) is 24.3 Å². The number of para-hydroxylation sites is 1. The van der Waals surface area contributed by atoms with E-state index in [0.717, 1.165) is 12.8 Å². The second kappa shape index (κ2) is 5.06. The van der Waals surface area contributed by atoms with Crippen LogP contribution in [0.3, 0.4) is 0 Å². The lowest BCUT2D eigenvalue weighted by Gasteiger charge is -2.24. The van der Waals surface area contributed by atoms with Crippen LogP contribution in [-0.4, -0.2) is 31.1 Å². The quantitative estimate of drug-likeness (QED) is 0.738. The van der Waals surface area contributed by atoms with Crippen molar-refractivity contribution in [3.8, 4) is 0 Å². The minimum Gasteiger partial charge on any atom is -0.480 e. The van der Waals surface area contributed by atoms with E-state index >= 15 is 0 Å². The maximum Gasteiger partial charge on any atom is 0.328 e. The van der Waals surface area contributed by atoms with Crippen LogP contribution in [-0.2, 0) is 14.8 Å². The molecule has 6 nitrogen and oxygen atoms in total. The average Bonchev–Trinajstić information content (AvgIpc) is 3.12. The van der Waals surface area contributed by atoms with Gasteiger partial charge in [0.2, 0.25) is 10.0 Å². The monoisotopic (exact) mass is 298 g/mol. The van der Waals surface area contributed by atoms with Crippen molar-refractivity contribution in [3.63, 3.8) is 0 Å². The molecule has 0 unspecified atom stereocenters. The summed E-state index contributed by atoms with van der Waals surface area (Å²) in [7, 11) is -3.63. The number of rotatable bonds is 6. The number of anilines is 1. The lowest BCUT2D eigenvalue weighted by Crippen LogP contribution is -2.40. The summed E-state index contributed by atoms with van der Waals surface area (Å²) in [6.07, 6.45) is 1.69. The molecule has 0 heterocycles. The minimum absolute atomic E-state index is 0.000500. The van der Waals surface area contributed by atoms with Gasteiger partial charge >= 0.3 is 5.97 Å². The predicted octanol–water partition coefficient (Wildman–Crippen LogP) is 1.40. The molecule has 3 N–H and O–H groups in total. The van der Waals surface area contributed by atoms with Crippen LogP contribution in [0.4, 0.5) is 5.69 Å². The number of hydrogen-bond donors (Lipinski definition) is 3. The van der Waals surface area contributed by atoms with Gasteiger partial charge in [-0.05, 0) is 38.8 Å². The molecule has 0 atom stereocenters. The summed E-state index contributed by atoms with van der Waals surface area (Å²) >= 11 is 0. The molecule has 0 amide bonds. The predicted molar refractivity (Wildman–Crippen MR) is 75.1 cm³/mol. The first-order chi connectivity index (χ1) is 9.22. The Labute approximate surface area is 118 Å². The Morgan fingerprint density at radius 2 is 1.90 bits per heavy atom. The van der Waals surface area contributed by atoms with E-state index in [0.29, 0.717) is 0 Å². The van der Waals surface area contributed by atoms with E-state index < -0.39 is 21.5 Å². The fraction of sp³-hybridized carbons (Fsp3) is 0.462. The van der Waals surface area contributed by atoms with Crippen LogP contribution < -0.4 is 10.0 Å². The van der Waals surface area contributed by atoms with Crippen LogP contribution in [0, 0.1) is 0 Å². The number of carboxylic acid groups (broad SMARTS) is 1. The molecule has 0 aromatic heterocycles. The van der Waals surface area contributed by atoms with E-state index in [1.54, 1.807) is 18.2 Å². The minimum atomic E-state index is -3.63. The van der Waals surface area contributed by atoms with Crippen LogP contribution in [0.25, 0.3) is 0 Å². The highest BCUT2D eigenvalue weighted by Gasteiger charge is 2.32. The first kappa shape index (κ1) is 14.8. The second-order valence-corrected chi connectivity index (χ2v) is 7.13. The molecule has 1 aromatic rings. The summed E-state index contributed by atoms with van der Waals surface area (Å²) in [4.78, 5) is 11.2. The summed E-state index contributed by atoms with van der Waals surface area (Å²) in [5.41, 5.74) is -0.973. The largest absolute Gasteiger partial charge is 0.480 e. The van der Waals surface area contributed by atoms with Gasteiger partial charge in [0.15, 0.2) is 0 Å². The Balaban J connectivity index is 2.33. The fourth-order valence-corrected chi connectivity index (χ4v) is 3.15. The highest BCUT2D eigenvalue weighted by Crippen LogP contribution is 2.27. The van der Waals surface area contributed by atoms with Crippen LogP contribution in [0.2, 0.25) is 0 Å². The van der Waals surface area contributed by atoms with Gasteiger partial charge < -0.3 is 10.4 Å². The average molecular weight is 298 g/mol. The maximum absolute atomic E-state index is 12.3. The number of carboxylic acids is 1. The Morgan fingerprint density at radius 1 is 1.30 bits per heavy atom. The third-order valence-electron chi connectivity index (χ3n) is 3.06. The third-order valence-corrected chi connectivity index (χ3v) is 4.64. The highest BCUT2D eigenvalue weighted by atomic mass is 32.2. The van der Waals surface area contributed by atoms with Crippen LogP contribution in [0.1, 0.15) is 26.7 Å². The van der Waals surface area contributed by atoms with Crippen molar-refractivity contribution in [1.29, 1.82) is 0 Å². The summed E-state index contributed by atoms with van der Waals surface area (Å²) in [6.45, 7) is 2.96. The SMILES string of the molecule is CC(C)(Nc1ccccc1S(=O)(=O)NC1CC1)C(=O)O. The van der Waals surface area contributed by atoms with Crippen molar-refractivity contribution in [2.75, 3.05) is 5.32 Å². The summed E-state index contributed by atoms with van der Waals surface area (Å²) in [5.74, 6) is -1.06. The number of hydrogen-bond acceptors (Lipinski definition) is 4. The van der Waals surface area contributed by atoms with Crippen LogP contribution in [0.15, 0.2) is 29.2 Å². The molecule has 0 aliphatic heterocycles. The fourth-order valence-electron chi connectivity index (χ4n) is 1.68. The van der Waals surface area contributed by atoms with E-state index in [9.17, 15) is 13.2 Å². The number of sulfonamides is 1. The molecule has 0 bridgehead atoms. The first-order valence-electron chi connectivity index (χ1n) is 6.35. The molecular formula is C13H18N2O4S. The van der Waals surface area contributed by atoms with Crippen molar-refractivity contribution in [1.82, 2.24) is 4.72 Å². The first-order valence-corrected chi connectivity index (χ1v) is 7.83. The Kier molecular flexibility index (Phi) is 3.75. The maximum atomic E-state index is 12.3. The van der Waals surface area contributed by atoms with E-state index in [2.05, 4.69) is 10.0 Å². The number of benzene rings is 1. The zero-order valence-electron chi connectivity index (χ0n) is 11.4. The van der Waals surface area contributed by atoms with Gasteiger partial charge in [-0.1, -0.05) is 12.1 Å². The van der Waals surface area contributed by atoms with Gasteiger partial charge in [-0.2, -0.15) is 0 Å². The van der Waals surface area contributed by atoms with Crippen molar-refractivity contribution < 1.29 is 18.3 Å². The Bertz CT molecular complexity index is 621. The normalized spacial score (nSPS) is 15.9. The van der Waals surface area contributed by atoms with Crippen molar-refractivity contribution in [2.45, 2.75) is 43.2 Å². The molecule has 7 heteroatoms. The van der Waals surface area contributed by atoms with Crippen molar-refractivity contribution in [2.24, 2.45) is 0 Å². The lowest BCUT2D eigenvalue weighted by atomic mass is 10.1. The molecule has 1 fully saturated rings. The van der Waals surface area contributed by atoms with E-state index in [-0.39, 0.29) is 16.6 Å². The third kappa shape index (κ3) is 3.29. The molecule has 1 saturated carbocycles. The highest BCUT2D eigenvalue weighted by molar-refractivity contribution is 7.89. The molecule has 1 aliphatic rings. The molecule has 0 spiro atoms. The van der Waals surface area contributed by atoms with Gasteiger partial charge in [0.25, 0.3) is 0 Å². The zero-order chi connectivity index (χ0) is 15.0. The summed E-state index contributed by atoms with van der Waals surface area (Å²) in [6, 6.07) is 6.30. The van der Waals surface area contributed by atoms with Gasteiger partial charge in [-0.25, -0.2) is 17.9 Å². The molecule has 2 rings (SSSR count). The van der Waals surface area contributed by atoms with E-state index in [4.69, 9.17) is 5.11 Å². The lowest BCUT2D eigenvalue weighted by molar-refractivity contribution is -0.141. The number of aliphatic carboxylic acids is 1. The molecule has 20 heavy (non-hydrogen) atoms. The Hall–Kier alpha value is -1.60. The number of nitrogens with one attached hydrogen (secondary N) is 2. The van der Waals surface area contributed by atoms with E-state index in [1.165, 1.54) is 19.9 Å². The topological polar surface area (TPSA) is 95.5 Å². The van der Waals surface area contributed by atoms with Gasteiger partial charge in [0.05, 0.1) is 5.69 Å².